The second-order valence-electron chi connectivity index (χ2n) is 5.94. The number of carbonyl (C=O) groups is 1. The molecule has 0 N–H and O–H groups in total. The van der Waals surface area contributed by atoms with E-state index in [2.05, 4.69) is 0 Å². The summed E-state index contributed by atoms with van der Waals surface area (Å²) < 4.78 is 19.8. The van der Waals surface area contributed by atoms with Crippen molar-refractivity contribution in [2.24, 2.45) is 0 Å². The molecule has 0 spiro atoms. The minimum Gasteiger partial charge on any atom is -0.460 e. The molecule has 0 bridgehead atoms. The summed E-state index contributed by atoms with van der Waals surface area (Å²) in [6, 6.07) is 13.7. The highest BCUT2D eigenvalue weighted by molar-refractivity contribution is 6.31. The van der Waals surface area contributed by atoms with Gasteiger partial charge in [0.25, 0.3) is 0 Å². The van der Waals surface area contributed by atoms with E-state index in [0.29, 0.717) is 23.4 Å². The molecule has 0 unspecified atom stereocenters. The van der Waals surface area contributed by atoms with Crippen molar-refractivity contribution in [2.75, 3.05) is 0 Å². The van der Waals surface area contributed by atoms with Crippen molar-refractivity contribution in [1.82, 2.24) is 0 Å². The summed E-state index contributed by atoms with van der Waals surface area (Å²) in [6.07, 6.45) is 3.04. The molecule has 0 heterocycles. The number of benzene rings is 2. The van der Waals surface area contributed by atoms with E-state index in [4.69, 9.17) is 16.3 Å². The van der Waals surface area contributed by atoms with Gasteiger partial charge in [-0.2, -0.15) is 0 Å². The Morgan fingerprint density at radius 3 is 2.43 bits per heavy atom. The quantitative estimate of drug-likeness (QED) is 0.734. The van der Waals surface area contributed by atoms with Gasteiger partial charge in [-0.05, 0) is 25.0 Å². The molecular weight excluding hydrogens is 315 g/mol. The number of esters is 1. The van der Waals surface area contributed by atoms with E-state index < -0.39 is 5.41 Å². The van der Waals surface area contributed by atoms with Crippen molar-refractivity contribution < 1.29 is 13.9 Å². The van der Waals surface area contributed by atoms with E-state index in [9.17, 15) is 9.18 Å². The van der Waals surface area contributed by atoms with Gasteiger partial charge in [-0.25, -0.2) is 4.39 Å². The van der Waals surface area contributed by atoms with Crippen molar-refractivity contribution in [3.05, 3.63) is 70.5 Å². The molecule has 2 aromatic carbocycles. The van der Waals surface area contributed by atoms with Crippen molar-refractivity contribution in [1.29, 1.82) is 0 Å². The number of hydrogen-bond acceptors (Lipinski definition) is 2. The van der Waals surface area contributed by atoms with Crippen LogP contribution < -0.4 is 0 Å². The van der Waals surface area contributed by atoms with Crippen molar-refractivity contribution >= 4 is 17.6 Å². The van der Waals surface area contributed by atoms with Crippen LogP contribution in [-0.4, -0.2) is 5.97 Å². The van der Waals surface area contributed by atoms with Gasteiger partial charge in [0.1, 0.15) is 12.4 Å². The Labute approximate surface area is 140 Å². The van der Waals surface area contributed by atoms with Gasteiger partial charge in [0.2, 0.25) is 0 Å². The lowest BCUT2D eigenvalue weighted by Gasteiger charge is -2.27. The van der Waals surface area contributed by atoms with Gasteiger partial charge < -0.3 is 4.74 Å². The average Bonchev–Trinajstić information content (AvgIpc) is 3.05. The normalized spacial score (nSPS) is 16.3. The molecule has 4 heteroatoms. The largest absolute Gasteiger partial charge is 0.460 e. The fourth-order valence-corrected chi connectivity index (χ4v) is 3.50. The van der Waals surface area contributed by atoms with Gasteiger partial charge in [0.15, 0.2) is 0 Å². The SMILES string of the molecule is O=C(OCc1ccccc1Cl)C1(c2ccccc2F)CCCC1. The predicted octanol–water partition coefficient (Wildman–Crippen LogP) is 5.03. The highest BCUT2D eigenvalue weighted by Crippen LogP contribution is 2.43. The average molecular weight is 333 g/mol. The lowest BCUT2D eigenvalue weighted by Crippen LogP contribution is -2.35. The molecule has 2 nitrogen and oxygen atoms in total. The molecule has 1 saturated carbocycles. The van der Waals surface area contributed by atoms with Crippen molar-refractivity contribution in [3.8, 4) is 0 Å². The third-order valence-electron chi connectivity index (χ3n) is 4.55. The molecule has 23 heavy (non-hydrogen) atoms. The minimum absolute atomic E-state index is 0.106. The monoisotopic (exact) mass is 332 g/mol. The zero-order valence-electron chi connectivity index (χ0n) is 12.7. The summed E-state index contributed by atoms with van der Waals surface area (Å²) in [7, 11) is 0. The fraction of sp³-hybridized carbons (Fsp3) is 0.316. The van der Waals surface area contributed by atoms with Gasteiger partial charge in [0.05, 0.1) is 5.41 Å². The molecule has 1 fully saturated rings. The molecule has 1 aliphatic rings. The topological polar surface area (TPSA) is 26.3 Å². The van der Waals surface area contributed by atoms with Gasteiger partial charge in [0, 0.05) is 16.1 Å². The maximum absolute atomic E-state index is 14.2. The standard InChI is InChI=1S/C19H18ClFO2/c20-16-9-3-1-7-14(16)13-23-18(22)19(11-5-6-12-19)15-8-2-4-10-17(15)21/h1-4,7-10H,5-6,11-13H2. The first-order chi connectivity index (χ1) is 11.1. The molecule has 2 aromatic rings. The Bertz CT molecular complexity index is 708. The second kappa shape index (κ2) is 6.71. The number of carbonyl (C=O) groups excluding carboxylic acids is 1. The van der Waals surface area contributed by atoms with Crippen LogP contribution in [0.25, 0.3) is 0 Å². The van der Waals surface area contributed by atoms with Crippen LogP contribution in [0.15, 0.2) is 48.5 Å². The first-order valence-electron chi connectivity index (χ1n) is 7.79. The summed E-state index contributed by atoms with van der Waals surface area (Å²) >= 11 is 6.09. The van der Waals surface area contributed by atoms with E-state index in [0.717, 1.165) is 18.4 Å². The van der Waals surface area contributed by atoms with Gasteiger partial charge in [-0.3, -0.25) is 4.79 Å². The Morgan fingerprint density at radius 1 is 1.09 bits per heavy atom. The lowest BCUT2D eigenvalue weighted by molar-refractivity contribution is -0.152. The number of hydrogen-bond donors (Lipinski definition) is 0. The predicted molar refractivity (Wildman–Crippen MR) is 87.8 cm³/mol. The van der Waals surface area contributed by atoms with Crippen molar-refractivity contribution in [2.45, 2.75) is 37.7 Å². The van der Waals surface area contributed by atoms with Crippen LogP contribution in [0.3, 0.4) is 0 Å². The van der Waals surface area contributed by atoms with Crippen LogP contribution in [0.1, 0.15) is 36.8 Å². The van der Waals surface area contributed by atoms with Gasteiger partial charge in [-0.1, -0.05) is 60.8 Å². The number of ether oxygens (including phenoxy) is 1. The van der Waals surface area contributed by atoms with Crippen LogP contribution in [0.2, 0.25) is 5.02 Å². The van der Waals surface area contributed by atoms with Crippen LogP contribution in [0.5, 0.6) is 0 Å². The van der Waals surface area contributed by atoms with E-state index in [1.807, 2.05) is 18.2 Å². The first-order valence-corrected chi connectivity index (χ1v) is 8.17. The summed E-state index contributed by atoms with van der Waals surface area (Å²) in [5, 5.41) is 0.562. The van der Waals surface area contributed by atoms with Crippen LogP contribution in [-0.2, 0) is 21.6 Å². The van der Waals surface area contributed by atoms with E-state index >= 15 is 0 Å². The highest BCUT2D eigenvalue weighted by Gasteiger charge is 2.45. The summed E-state index contributed by atoms with van der Waals surface area (Å²) in [5.41, 5.74) is 0.331. The third kappa shape index (κ3) is 3.11. The number of halogens is 2. The molecule has 1 aliphatic carbocycles. The number of rotatable bonds is 4. The summed E-state index contributed by atoms with van der Waals surface area (Å²) in [5.74, 6) is -0.705. The smallest absolute Gasteiger partial charge is 0.317 e. The van der Waals surface area contributed by atoms with Crippen LogP contribution in [0.4, 0.5) is 4.39 Å². The Kier molecular flexibility index (Phi) is 4.67. The zero-order chi connectivity index (χ0) is 16.3. The van der Waals surface area contributed by atoms with Gasteiger partial charge in [-0.15, -0.1) is 0 Å². The summed E-state index contributed by atoms with van der Waals surface area (Å²) in [6.45, 7) is 0.106. The lowest BCUT2D eigenvalue weighted by atomic mass is 9.78. The maximum atomic E-state index is 14.2. The molecule has 0 radical (unpaired) electrons. The van der Waals surface area contributed by atoms with Crippen LogP contribution in [0, 0.1) is 5.82 Å². The third-order valence-corrected chi connectivity index (χ3v) is 4.92. The van der Waals surface area contributed by atoms with Crippen molar-refractivity contribution in [3.63, 3.8) is 0 Å². The highest BCUT2D eigenvalue weighted by atomic mass is 35.5. The molecule has 3 rings (SSSR count). The zero-order valence-corrected chi connectivity index (χ0v) is 13.5. The molecule has 120 valence electrons. The van der Waals surface area contributed by atoms with Gasteiger partial charge >= 0.3 is 5.97 Å². The molecule has 0 atom stereocenters. The van der Waals surface area contributed by atoms with E-state index in [1.54, 1.807) is 24.3 Å². The first kappa shape index (κ1) is 16.0. The molecule has 0 aromatic heterocycles. The summed E-state index contributed by atoms with van der Waals surface area (Å²) in [4.78, 5) is 12.8. The van der Waals surface area contributed by atoms with E-state index in [1.165, 1.54) is 6.07 Å². The second-order valence-corrected chi connectivity index (χ2v) is 6.34. The molecule has 0 amide bonds. The Morgan fingerprint density at radius 2 is 1.74 bits per heavy atom. The molecule has 0 saturated heterocycles. The Balaban J connectivity index is 1.83. The minimum atomic E-state index is -0.868. The maximum Gasteiger partial charge on any atom is 0.317 e. The Hall–Kier alpha value is -1.87. The van der Waals surface area contributed by atoms with E-state index in [-0.39, 0.29) is 18.4 Å². The molecular formula is C19H18ClFO2. The fourth-order valence-electron chi connectivity index (χ4n) is 3.31. The van der Waals surface area contributed by atoms with Crippen LogP contribution >= 0.6 is 11.6 Å². The molecule has 0 aliphatic heterocycles.